The van der Waals surface area contributed by atoms with Crippen LogP contribution in [0.3, 0.4) is 0 Å². The van der Waals surface area contributed by atoms with Crippen LogP contribution in [0.5, 0.6) is 0 Å². The molecule has 4 heterocycles. The minimum absolute atomic E-state index is 0.202. The van der Waals surface area contributed by atoms with E-state index in [0.29, 0.717) is 36.0 Å². The Morgan fingerprint density at radius 3 is 2.86 bits per heavy atom. The molecule has 2 fully saturated rings. The van der Waals surface area contributed by atoms with Gasteiger partial charge in [0.25, 0.3) is 0 Å². The number of aromatic amines is 1. The maximum absolute atomic E-state index is 15.2. The number of amides is 1. The van der Waals surface area contributed by atoms with E-state index in [9.17, 15) is 4.79 Å². The molecule has 10 nitrogen and oxygen atoms in total. The number of nitrogens with zero attached hydrogens (tertiary/aromatic N) is 5. The van der Waals surface area contributed by atoms with Crippen LogP contribution in [-0.2, 0) is 4.74 Å². The zero-order valence-corrected chi connectivity index (χ0v) is 20.0. The van der Waals surface area contributed by atoms with Gasteiger partial charge in [0.15, 0.2) is 5.82 Å². The van der Waals surface area contributed by atoms with Crippen molar-refractivity contribution in [1.29, 1.82) is 0 Å². The molecule has 0 spiro atoms. The number of H-pyrrole nitrogens is 1. The van der Waals surface area contributed by atoms with Gasteiger partial charge >= 0.3 is 6.09 Å². The van der Waals surface area contributed by atoms with Gasteiger partial charge in [0.1, 0.15) is 17.9 Å². The van der Waals surface area contributed by atoms with E-state index < -0.39 is 24.3 Å². The molecule has 0 unspecified atom stereocenters. The Labute approximate surface area is 206 Å². The molecule has 11 heteroatoms. The fourth-order valence-electron chi connectivity index (χ4n) is 4.65. The molecule has 2 saturated carbocycles. The number of pyridine rings is 1. The molecule has 0 saturated heterocycles. The third-order valence-corrected chi connectivity index (χ3v) is 6.90. The van der Waals surface area contributed by atoms with E-state index in [1.165, 1.54) is 0 Å². The van der Waals surface area contributed by atoms with Crippen LogP contribution in [0, 0.1) is 6.92 Å². The van der Waals surface area contributed by atoms with Crippen molar-refractivity contribution in [3.8, 4) is 11.4 Å². The number of ether oxygens (including phenoxy) is 1. The van der Waals surface area contributed by atoms with E-state index >= 15 is 4.39 Å². The first-order valence-electron chi connectivity index (χ1n) is 12.1. The predicted molar refractivity (Wildman–Crippen MR) is 131 cm³/mol. The van der Waals surface area contributed by atoms with Gasteiger partial charge in [-0.05, 0) is 51.7 Å². The Balaban J connectivity index is 1.20. The summed E-state index contributed by atoms with van der Waals surface area (Å²) in [6.07, 6.45) is 3.81. The highest BCUT2D eigenvalue weighted by Crippen LogP contribution is 2.39. The minimum atomic E-state index is -1.32. The molecule has 6 rings (SSSR count). The van der Waals surface area contributed by atoms with E-state index in [1.54, 1.807) is 12.3 Å². The summed E-state index contributed by atoms with van der Waals surface area (Å²) in [5.74, 6) is 0.575. The number of nitrogens with one attached hydrogen (secondary N) is 3. The molecule has 36 heavy (non-hydrogen) atoms. The van der Waals surface area contributed by atoms with Gasteiger partial charge in [-0.15, -0.1) is 0 Å². The molecule has 4 aromatic rings. The number of carbonyl (C=O) groups excluding carboxylic acids is 1. The number of aryl methyl sites for hydroxylation is 1. The summed E-state index contributed by atoms with van der Waals surface area (Å²) in [6.45, 7) is 3.87. The summed E-state index contributed by atoms with van der Waals surface area (Å²) in [5, 5.41) is 13.3. The molecule has 2 aliphatic rings. The Kier molecular flexibility index (Phi) is 5.35. The highest BCUT2D eigenvalue weighted by molar-refractivity contribution is 5.69. The summed E-state index contributed by atoms with van der Waals surface area (Å²) >= 11 is 0. The monoisotopic (exact) mass is 490 g/mol. The second kappa shape index (κ2) is 8.58. The van der Waals surface area contributed by atoms with Crippen LogP contribution in [0.15, 0.2) is 42.7 Å². The smallest absolute Gasteiger partial charge is 0.407 e. The van der Waals surface area contributed by atoms with Crippen molar-refractivity contribution in [3.05, 3.63) is 54.1 Å². The zero-order valence-electron chi connectivity index (χ0n) is 20.0. The van der Waals surface area contributed by atoms with E-state index in [0.717, 1.165) is 29.9 Å². The van der Waals surface area contributed by atoms with Crippen LogP contribution in [0.1, 0.15) is 49.9 Å². The highest BCUT2D eigenvalue weighted by Gasteiger charge is 2.43. The Hall–Kier alpha value is -4.02. The van der Waals surface area contributed by atoms with Gasteiger partial charge in [0.05, 0.1) is 17.1 Å². The number of fused-ring (bicyclic) bond motifs is 1. The van der Waals surface area contributed by atoms with Crippen LogP contribution in [-0.4, -0.2) is 53.5 Å². The van der Waals surface area contributed by atoms with E-state index in [2.05, 4.69) is 30.8 Å². The van der Waals surface area contributed by atoms with E-state index in [1.807, 2.05) is 48.7 Å². The van der Waals surface area contributed by atoms with Gasteiger partial charge in [0.2, 0.25) is 5.95 Å². The average molecular weight is 491 g/mol. The lowest BCUT2D eigenvalue weighted by molar-refractivity contribution is 0.0546. The summed E-state index contributed by atoms with van der Waals surface area (Å²) in [4.78, 5) is 25.8. The fraction of sp³-hybridized carbons (Fsp3) is 0.400. The normalized spacial score (nSPS) is 22.5. The lowest BCUT2D eigenvalue weighted by atomic mass is 10.0. The van der Waals surface area contributed by atoms with E-state index in [4.69, 9.17) is 9.72 Å². The molecule has 4 aromatic heterocycles. The summed E-state index contributed by atoms with van der Waals surface area (Å²) < 4.78 is 22.5. The van der Waals surface area contributed by atoms with Crippen molar-refractivity contribution < 1.29 is 13.9 Å². The first-order chi connectivity index (χ1) is 17.4. The van der Waals surface area contributed by atoms with Crippen molar-refractivity contribution in [1.82, 2.24) is 34.9 Å². The van der Waals surface area contributed by atoms with Crippen molar-refractivity contribution in [2.45, 2.75) is 63.3 Å². The number of aromatic nitrogens is 6. The quantitative estimate of drug-likeness (QED) is 0.365. The predicted octanol–water partition coefficient (Wildman–Crippen LogP) is 4.43. The largest absolute Gasteiger partial charge is 0.443 e. The Morgan fingerprint density at radius 2 is 2.08 bits per heavy atom. The Bertz CT molecular complexity index is 1410. The molecular weight excluding hydrogens is 463 g/mol. The SMILES string of the molecule is Cc1cn2c(Nc3cc([C@@H]4CC[C@H](OC(=O)NC5(C)CC5)[C@H]4F)[nH]n3)nc(-c3ccccn3)cc2n1. The number of alkyl halides is 1. The van der Waals surface area contributed by atoms with Crippen LogP contribution in [0.4, 0.5) is 21.0 Å². The van der Waals surface area contributed by atoms with E-state index in [-0.39, 0.29) is 5.54 Å². The molecule has 186 valence electrons. The number of imidazole rings is 1. The molecule has 3 atom stereocenters. The molecule has 2 aliphatic carbocycles. The summed E-state index contributed by atoms with van der Waals surface area (Å²) in [6, 6.07) is 9.29. The molecule has 0 radical (unpaired) electrons. The average Bonchev–Trinajstić information content (AvgIpc) is 3.18. The summed E-state index contributed by atoms with van der Waals surface area (Å²) in [7, 11) is 0. The molecule has 1 amide bonds. The molecule has 3 N–H and O–H groups in total. The highest BCUT2D eigenvalue weighted by atomic mass is 19.1. The van der Waals surface area contributed by atoms with Gasteiger partial charge in [-0.25, -0.2) is 19.2 Å². The van der Waals surface area contributed by atoms with Crippen LogP contribution < -0.4 is 10.6 Å². The topological polar surface area (TPSA) is 122 Å². The number of hydrogen-bond donors (Lipinski definition) is 3. The second-order valence-electron chi connectivity index (χ2n) is 9.88. The van der Waals surface area contributed by atoms with Crippen LogP contribution in [0.25, 0.3) is 17.0 Å². The zero-order chi connectivity index (χ0) is 24.9. The molecule has 0 bridgehead atoms. The molecule has 0 aromatic carbocycles. The lowest BCUT2D eigenvalue weighted by Gasteiger charge is -2.19. The number of halogens is 1. The lowest BCUT2D eigenvalue weighted by Crippen LogP contribution is -2.38. The van der Waals surface area contributed by atoms with Crippen LogP contribution in [0.2, 0.25) is 0 Å². The van der Waals surface area contributed by atoms with Gasteiger partial charge in [-0.2, -0.15) is 5.10 Å². The molecular formula is C25H27FN8O2. The fourth-order valence-corrected chi connectivity index (χ4v) is 4.65. The third kappa shape index (κ3) is 4.36. The van der Waals surface area contributed by atoms with Crippen molar-refractivity contribution in [2.75, 3.05) is 5.32 Å². The van der Waals surface area contributed by atoms with Crippen molar-refractivity contribution in [2.24, 2.45) is 0 Å². The second-order valence-corrected chi connectivity index (χ2v) is 9.88. The van der Waals surface area contributed by atoms with Gasteiger partial charge in [-0.3, -0.25) is 14.5 Å². The Morgan fingerprint density at radius 1 is 1.22 bits per heavy atom. The summed E-state index contributed by atoms with van der Waals surface area (Å²) in [5.41, 5.74) is 3.40. The number of anilines is 2. The third-order valence-electron chi connectivity index (χ3n) is 6.90. The number of alkyl carbamates (subject to hydrolysis) is 1. The van der Waals surface area contributed by atoms with Crippen LogP contribution >= 0.6 is 0 Å². The van der Waals surface area contributed by atoms with Gasteiger partial charge in [0, 0.05) is 41.7 Å². The van der Waals surface area contributed by atoms with Gasteiger partial charge < -0.3 is 15.4 Å². The maximum atomic E-state index is 15.2. The van der Waals surface area contributed by atoms with Crippen molar-refractivity contribution >= 4 is 23.5 Å². The standard InChI is InChI=1S/C25H27FN8O2/c1-14-13-34-21(28-14)12-18(16-5-3-4-10-27-16)29-23(34)30-20-11-17(32-33-20)15-6-7-19(22(15)26)36-24(35)31-25(2)8-9-25/h3-5,10-13,15,19,22H,6-9H2,1-2H3,(H,31,35)(H2,29,30,32,33)/t15-,19-,22-/m0/s1. The maximum Gasteiger partial charge on any atom is 0.407 e. The number of carbonyl (C=O) groups is 1. The first kappa shape index (κ1) is 22.4. The number of rotatable bonds is 6. The van der Waals surface area contributed by atoms with Gasteiger partial charge in [-0.1, -0.05) is 6.07 Å². The minimum Gasteiger partial charge on any atom is -0.443 e. The van der Waals surface area contributed by atoms with Crippen molar-refractivity contribution in [3.63, 3.8) is 0 Å². The number of hydrogen-bond acceptors (Lipinski definition) is 7. The first-order valence-corrected chi connectivity index (χ1v) is 12.1. The molecule has 0 aliphatic heterocycles.